The summed E-state index contributed by atoms with van der Waals surface area (Å²) in [6.45, 7) is 11.3. The summed E-state index contributed by atoms with van der Waals surface area (Å²) in [6.07, 6.45) is 5.34. The van der Waals surface area contributed by atoms with E-state index in [-0.39, 0.29) is 0 Å². The first-order valence-electron chi connectivity index (χ1n) is 8.37. The van der Waals surface area contributed by atoms with E-state index in [1.54, 1.807) is 0 Å². The lowest BCUT2D eigenvalue weighted by atomic mass is 10.1. The molecule has 0 spiro atoms. The lowest BCUT2D eigenvalue weighted by Gasteiger charge is -2.17. The molecule has 1 N–H and O–H groups in total. The van der Waals surface area contributed by atoms with Crippen LogP contribution >= 0.6 is 0 Å². The number of hydrogen-bond donors (Lipinski definition) is 1. The van der Waals surface area contributed by atoms with Crippen LogP contribution in [0.5, 0.6) is 5.88 Å². The van der Waals surface area contributed by atoms with Crippen molar-refractivity contribution in [2.24, 2.45) is 11.8 Å². The first kappa shape index (κ1) is 16.3. The number of nitrogens with zero attached hydrogens (tertiary/aromatic N) is 1. The first-order chi connectivity index (χ1) is 10.1. The van der Waals surface area contributed by atoms with E-state index in [1.807, 2.05) is 6.92 Å². The normalized spacial score (nSPS) is 15.9. The van der Waals surface area contributed by atoms with Gasteiger partial charge in [0, 0.05) is 17.8 Å². The molecule has 0 saturated heterocycles. The third kappa shape index (κ3) is 4.99. The van der Waals surface area contributed by atoms with Gasteiger partial charge in [-0.25, -0.2) is 4.98 Å². The zero-order valence-electron chi connectivity index (χ0n) is 14.0. The summed E-state index contributed by atoms with van der Waals surface area (Å²) in [7, 11) is 0. The summed E-state index contributed by atoms with van der Waals surface area (Å²) in [5.41, 5.74) is 3.54. The molecule has 0 aliphatic heterocycles. The zero-order chi connectivity index (χ0) is 15.2. The molecule has 1 aromatic heterocycles. The fourth-order valence-electron chi connectivity index (χ4n) is 3.02. The molecule has 1 heterocycles. The second-order valence-electron chi connectivity index (χ2n) is 6.85. The standard InChI is InChI=1S/C18H30N2O/c1-13(2)10-19-11-17-14(3)9-15(4)20-18(17)21-12-16-7-5-6-8-16/h9,13,16,19H,5-8,10-12H2,1-4H3. The van der Waals surface area contributed by atoms with Gasteiger partial charge in [-0.2, -0.15) is 0 Å². The van der Waals surface area contributed by atoms with Crippen molar-refractivity contribution >= 4 is 0 Å². The van der Waals surface area contributed by atoms with Gasteiger partial charge < -0.3 is 10.1 Å². The van der Waals surface area contributed by atoms with Gasteiger partial charge in [0.1, 0.15) is 0 Å². The molecule has 1 fully saturated rings. The Balaban J connectivity index is 2.02. The summed E-state index contributed by atoms with van der Waals surface area (Å²) >= 11 is 0. The Bertz CT molecular complexity index is 451. The van der Waals surface area contributed by atoms with Crippen molar-refractivity contribution < 1.29 is 4.74 Å². The predicted octanol–water partition coefficient (Wildman–Crippen LogP) is 4.01. The second kappa shape index (κ2) is 7.79. The van der Waals surface area contributed by atoms with Crippen molar-refractivity contribution in [2.45, 2.75) is 59.9 Å². The predicted molar refractivity (Wildman–Crippen MR) is 87.7 cm³/mol. The number of rotatable bonds is 7. The molecule has 0 aromatic carbocycles. The van der Waals surface area contributed by atoms with Gasteiger partial charge in [-0.05, 0) is 56.7 Å². The van der Waals surface area contributed by atoms with Gasteiger partial charge in [0.25, 0.3) is 0 Å². The Kier molecular flexibility index (Phi) is 6.04. The van der Waals surface area contributed by atoms with Crippen LogP contribution in [0.25, 0.3) is 0 Å². The summed E-state index contributed by atoms with van der Waals surface area (Å²) in [4.78, 5) is 4.63. The number of aromatic nitrogens is 1. The van der Waals surface area contributed by atoms with E-state index in [0.29, 0.717) is 5.92 Å². The van der Waals surface area contributed by atoms with Gasteiger partial charge >= 0.3 is 0 Å². The molecule has 21 heavy (non-hydrogen) atoms. The van der Waals surface area contributed by atoms with Crippen LogP contribution < -0.4 is 10.1 Å². The van der Waals surface area contributed by atoms with E-state index >= 15 is 0 Å². The van der Waals surface area contributed by atoms with Crippen LogP contribution in [0.4, 0.5) is 0 Å². The highest BCUT2D eigenvalue weighted by atomic mass is 16.5. The molecule has 1 aromatic rings. The topological polar surface area (TPSA) is 34.1 Å². The number of hydrogen-bond acceptors (Lipinski definition) is 3. The maximum absolute atomic E-state index is 6.09. The molecule has 2 rings (SSSR count). The summed E-state index contributed by atoms with van der Waals surface area (Å²) in [5.74, 6) is 2.23. The van der Waals surface area contributed by atoms with E-state index in [2.05, 4.69) is 37.1 Å². The van der Waals surface area contributed by atoms with Crippen LogP contribution in [0.1, 0.15) is 56.4 Å². The summed E-state index contributed by atoms with van der Waals surface area (Å²) in [6, 6.07) is 2.15. The fraction of sp³-hybridized carbons (Fsp3) is 0.722. The molecule has 118 valence electrons. The number of ether oxygens (including phenoxy) is 1. The molecule has 0 amide bonds. The third-order valence-corrected chi connectivity index (χ3v) is 4.22. The molecule has 1 aliphatic carbocycles. The van der Waals surface area contributed by atoms with Crippen molar-refractivity contribution in [3.05, 3.63) is 22.9 Å². The SMILES string of the molecule is Cc1cc(C)c(CNCC(C)C)c(OCC2CCCC2)n1. The highest BCUT2D eigenvalue weighted by molar-refractivity contribution is 5.35. The average Bonchev–Trinajstić information content (AvgIpc) is 2.91. The molecule has 0 atom stereocenters. The van der Waals surface area contributed by atoms with Gasteiger partial charge in [0.2, 0.25) is 5.88 Å². The van der Waals surface area contributed by atoms with Crippen LogP contribution in [0.15, 0.2) is 6.07 Å². The maximum atomic E-state index is 6.09. The molecule has 1 aliphatic rings. The van der Waals surface area contributed by atoms with Crippen LogP contribution in [-0.4, -0.2) is 18.1 Å². The van der Waals surface area contributed by atoms with Crippen molar-refractivity contribution in [3.63, 3.8) is 0 Å². The van der Waals surface area contributed by atoms with Crippen LogP contribution in [0, 0.1) is 25.7 Å². The van der Waals surface area contributed by atoms with E-state index < -0.39 is 0 Å². The first-order valence-corrected chi connectivity index (χ1v) is 8.37. The Morgan fingerprint density at radius 3 is 2.67 bits per heavy atom. The Morgan fingerprint density at radius 2 is 2.00 bits per heavy atom. The molecule has 3 nitrogen and oxygen atoms in total. The van der Waals surface area contributed by atoms with Crippen LogP contribution in [0.2, 0.25) is 0 Å². The summed E-state index contributed by atoms with van der Waals surface area (Å²) in [5, 5.41) is 3.51. The number of pyridine rings is 1. The zero-order valence-corrected chi connectivity index (χ0v) is 14.0. The van der Waals surface area contributed by atoms with Crippen molar-refractivity contribution in [1.82, 2.24) is 10.3 Å². The van der Waals surface area contributed by atoms with E-state index in [0.717, 1.165) is 37.2 Å². The molecule has 0 bridgehead atoms. The van der Waals surface area contributed by atoms with Crippen LogP contribution in [-0.2, 0) is 6.54 Å². The van der Waals surface area contributed by atoms with E-state index in [9.17, 15) is 0 Å². The van der Waals surface area contributed by atoms with Gasteiger partial charge in [-0.1, -0.05) is 26.7 Å². The molecular formula is C18H30N2O. The summed E-state index contributed by atoms with van der Waals surface area (Å²) < 4.78 is 6.09. The number of aryl methyl sites for hydroxylation is 2. The van der Waals surface area contributed by atoms with Crippen LogP contribution in [0.3, 0.4) is 0 Å². The minimum atomic E-state index is 0.659. The lowest BCUT2D eigenvalue weighted by molar-refractivity contribution is 0.240. The number of nitrogens with one attached hydrogen (secondary N) is 1. The van der Waals surface area contributed by atoms with Crippen molar-refractivity contribution in [3.8, 4) is 5.88 Å². The molecule has 1 saturated carbocycles. The molecular weight excluding hydrogens is 260 g/mol. The van der Waals surface area contributed by atoms with Gasteiger partial charge in [-0.3, -0.25) is 0 Å². The lowest BCUT2D eigenvalue weighted by Crippen LogP contribution is -2.21. The Hall–Kier alpha value is -1.09. The average molecular weight is 290 g/mol. The van der Waals surface area contributed by atoms with Crippen molar-refractivity contribution in [1.29, 1.82) is 0 Å². The minimum absolute atomic E-state index is 0.659. The van der Waals surface area contributed by atoms with E-state index in [4.69, 9.17) is 4.74 Å². The highest BCUT2D eigenvalue weighted by Gasteiger charge is 2.17. The fourth-order valence-corrected chi connectivity index (χ4v) is 3.02. The Morgan fingerprint density at radius 1 is 1.29 bits per heavy atom. The quantitative estimate of drug-likeness (QED) is 0.823. The third-order valence-electron chi connectivity index (χ3n) is 4.22. The monoisotopic (exact) mass is 290 g/mol. The van der Waals surface area contributed by atoms with Gasteiger partial charge in [0.05, 0.1) is 6.61 Å². The maximum Gasteiger partial charge on any atom is 0.218 e. The van der Waals surface area contributed by atoms with Crippen molar-refractivity contribution in [2.75, 3.05) is 13.2 Å². The molecule has 0 radical (unpaired) electrons. The van der Waals surface area contributed by atoms with Gasteiger partial charge in [-0.15, -0.1) is 0 Å². The second-order valence-corrected chi connectivity index (χ2v) is 6.85. The van der Waals surface area contributed by atoms with Gasteiger partial charge in [0.15, 0.2) is 0 Å². The molecule has 0 unspecified atom stereocenters. The van der Waals surface area contributed by atoms with E-state index in [1.165, 1.54) is 36.8 Å². The molecule has 3 heteroatoms. The largest absolute Gasteiger partial charge is 0.477 e. The smallest absolute Gasteiger partial charge is 0.218 e. The minimum Gasteiger partial charge on any atom is -0.477 e. The Labute approximate surface area is 129 Å². The highest BCUT2D eigenvalue weighted by Crippen LogP contribution is 2.27.